The molecule has 0 unspecified atom stereocenters. The van der Waals surface area contributed by atoms with Gasteiger partial charge in [0.15, 0.2) is 5.82 Å². The number of rotatable bonds is 4. The number of carbonyl (C=O) groups is 2. The Morgan fingerprint density at radius 1 is 1.31 bits per heavy atom. The van der Waals surface area contributed by atoms with Crippen LogP contribution in [0.1, 0.15) is 12.5 Å². The van der Waals surface area contributed by atoms with Crippen molar-refractivity contribution in [2.75, 3.05) is 17.7 Å². The van der Waals surface area contributed by atoms with Crippen LogP contribution >= 0.6 is 11.6 Å². The largest absolute Gasteiger partial charge is 0.497 e. The predicted molar refractivity (Wildman–Crippen MR) is 104 cm³/mol. The SMILES string of the molecule is COc1ccc(-c2nc3n(n2)[C@@H](C(=O)Nc2ccc(F)c(Cl)c2)CC(=O)N3)cc1. The second-order valence-corrected chi connectivity index (χ2v) is 6.73. The maximum absolute atomic E-state index is 13.3. The molecule has 0 fully saturated rings. The number of fused-ring (bicyclic) bond motifs is 1. The number of carbonyl (C=O) groups excluding carboxylic acids is 2. The smallest absolute Gasteiger partial charge is 0.249 e. The maximum atomic E-state index is 13.3. The first kappa shape index (κ1) is 18.9. The summed E-state index contributed by atoms with van der Waals surface area (Å²) in [5.41, 5.74) is 1.01. The molecule has 2 amide bonds. The molecule has 10 heteroatoms. The summed E-state index contributed by atoms with van der Waals surface area (Å²) in [6, 6.07) is 9.98. The molecule has 0 saturated heterocycles. The summed E-state index contributed by atoms with van der Waals surface area (Å²) in [6.07, 6.45) is -0.112. The van der Waals surface area contributed by atoms with Gasteiger partial charge in [-0.3, -0.25) is 14.9 Å². The van der Waals surface area contributed by atoms with Gasteiger partial charge >= 0.3 is 0 Å². The standard InChI is InChI=1S/C19H15ClFN5O3/c1-29-12-5-2-10(3-6-12)17-24-19-23-16(27)9-15(26(19)25-17)18(28)22-11-4-7-14(21)13(20)8-11/h2-8,15H,9H2,1H3,(H,22,28)(H,23,24,25,27)/t15-/m1/s1. The number of ether oxygens (including phenoxy) is 1. The lowest BCUT2D eigenvalue weighted by Crippen LogP contribution is -2.36. The summed E-state index contributed by atoms with van der Waals surface area (Å²) in [5.74, 6) is -0.235. The molecule has 4 rings (SSSR count). The third-order valence-electron chi connectivity index (χ3n) is 4.39. The molecule has 0 spiro atoms. The zero-order valence-electron chi connectivity index (χ0n) is 15.1. The van der Waals surface area contributed by atoms with Crippen LogP contribution in [-0.4, -0.2) is 33.7 Å². The topological polar surface area (TPSA) is 98.1 Å². The summed E-state index contributed by atoms with van der Waals surface area (Å²) in [5, 5.41) is 9.51. The molecule has 0 saturated carbocycles. The van der Waals surface area contributed by atoms with Crippen LogP contribution in [0.5, 0.6) is 5.75 Å². The lowest BCUT2D eigenvalue weighted by molar-refractivity contribution is -0.125. The number of amides is 2. The molecule has 1 aromatic heterocycles. The van der Waals surface area contributed by atoms with Gasteiger partial charge < -0.3 is 10.1 Å². The van der Waals surface area contributed by atoms with E-state index in [4.69, 9.17) is 16.3 Å². The van der Waals surface area contributed by atoms with Crippen molar-refractivity contribution in [1.29, 1.82) is 0 Å². The Bertz CT molecular complexity index is 1100. The summed E-state index contributed by atoms with van der Waals surface area (Å²) in [4.78, 5) is 29.2. The zero-order valence-corrected chi connectivity index (χ0v) is 15.9. The fraction of sp³-hybridized carbons (Fsp3) is 0.158. The van der Waals surface area contributed by atoms with E-state index < -0.39 is 17.8 Å². The lowest BCUT2D eigenvalue weighted by Gasteiger charge is -2.22. The van der Waals surface area contributed by atoms with Gasteiger partial charge in [0.2, 0.25) is 17.8 Å². The maximum Gasteiger partial charge on any atom is 0.249 e. The first-order chi connectivity index (χ1) is 13.9. The molecule has 29 heavy (non-hydrogen) atoms. The zero-order chi connectivity index (χ0) is 20.5. The van der Waals surface area contributed by atoms with Gasteiger partial charge in [-0.15, -0.1) is 5.10 Å². The first-order valence-electron chi connectivity index (χ1n) is 8.61. The van der Waals surface area contributed by atoms with Gasteiger partial charge in [-0.25, -0.2) is 9.07 Å². The van der Waals surface area contributed by atoms with Crippen molar-refractivity contribution in [3.63, 3.8) is 0 Å². The van der Waals surface area contributed by atoms with E-state index in [9.17, 15) is 14.0 Å². The molecule has 0 radical (unpaired) electrons. The van der Waals surface area contributed by atoms with Crippen molar-refractivity contribution >= 4 is 35.1 Å². The van der Waals surface area contributed by atoms with Crippen LogP contribution in [0.25, 0.3) is 11.4 Å². The van der Waals surface area contributed by atoms with E-state index in [1.165, 1.54) is 16.8 Å². The third-order valence-corrected chi connectivity index (χ3v) is 4.68. The molecule has 1 aliphatic heterocycles. The molecule has 2 aromatic carbocycles. The van der Waals surface area contributed by atoms with Crippen molar-refractivity contribution in [2.24, 2.45) is 0 Å². The van der Waals surface area contributed by atoms with E-state index in [2.05, 4.69) is 20.7 Å². The molecule has 0 bridgehead atoms. The third kappa shape index (κ3) is 3.77. The fourth-order valence-corrected chi connectivity index (χ4v) is 3.11. The van der Waals surface area contributed by atoms with Crippen LogP contribution in [-0.2, 0) is 9.59 Å². The number of nitrogens with zero attached hydrogens (tertiary/aromatic N) is 3. The Balaban J connectivity index is 1.62. The average molecular weight is 416 g/mol. The number of halogens is 2. The molecular weight excluding hydrogens is 401 g/mol. The second-order valence-electron chi connectivity index (χ2n) is 6.32. The van der Waals surface area contributed by atoms with Crippen molar-refractivity contribution in [3.8, 4) is 17.1 Å². The van der Waals surface area contributed by atoms with E-state index in [1.54, 1.807) is 31.4 Å². The summed E-state index contributed by atoms with van der Waals surface area (Å²) in [7, 11) is 1.57. The molecule has 0 aliphatic carbocycles. The Kier molecular flexibility index (Phi) is 4.89. The monoisotopic (exact) mass is 415 g/mol. The highest BCUT2D eigenvalue weighted by atomic mass is 35.5. The van der Waals surface area contributed by atoms with Gasteiger partial charge in [0.25, 0.3) is 0 Å². The molecule has 1 atom stereocenters. The average Bonchev–Trinajstić information content (AvgIpc) is 3.14. The number of nitrogens with one attached hydrogen (secondary N) is 2. The summed E-state index contributed by atoms with van der Waals surface area (Å²) >= 11 is 5.75. The molecule has 148 valence electrons. The van der Waals surface area contributed by atoms with Crippen molar-refractivity contribution in [2.45, 2.75) is 12.5 Å². The van der Waals surface area contributed by atoms with Gasteiger partial charge in [-0.1, -0.05) is 11.6 Å². The molecule has 3 aromatic rings. The number of hydrogen-bond donors (Lipinski definition) is 2. The number of methoxy groups -OCH3 is 1. The second kappa shape index (κ2) is 7.51. The molecular formula is C19H15ClFN5O3. The number of anilines is 2. The fourth-order valence-electron chi connectivity index (χ4n) is 2.93. The Hall–Kier alpha value is -3.46. The number of hydrogen-bond acceptors (Lipinski definition) is 5. The Morgan fingerprint density at radius 2 is 2.07 bits per heavy atom. The number of benzene rings is 2. The van der Waals surface area contributed by atoms with E-state index in [-0.39, 0.29) is 23.3 Å². The van der Waals surface area contributed by atoms with Crippen LogP contribution in [0.2, 0.25) is 5.02 Å². The highest BCUT2D eigenvalue weighted by Gasteiger charge is 2.33. The minimum absolute atomic E-state index is 0.112. The summed E-state index contributed by atoms with van der Waals surface area (Å²) in [6.45, 7) is 0. The lowest BCUT2D eigenvalue weighted by atomic mass is 10.1. The van der Waals surface area contributed by atoms with E-state index in [1.807, 2.05) is 0 Å². The van der Waals surface area contributed by atoms with Crippen LogP contribution < -0.4 is 15.4 Å². The van der Waals surface area contributed by atoms with Crippen LogP contribution in [0.15, 0.2) is 42.5 Å². The van der Waals surface area contributed by atoms with Gasteiger partial charge in [0.1, 0.15) is 17.6 Å². The highest BCUT2D eigenvalue weighted by molar-refractivity contribution is 6.31. The minimum atomic E-state index is -0.915. The normalized spacial score (nSPS) is 15.4. The first-order valence-corrected chi connectivity index (χ1v) is 8.99. The minimum Gasteiger partial charge on any atom is -0.497 e. The van der Waals surface area contributed by atoms with E-state index in [0.29, 0.717) is 22.8 Å². The molecule has 1 aliphatic rings. The van der Waals surface area contributed by atoms with E-state index in [0.717, 1.165) is 6.07 Å². The Morgan fingerprint density at radius 3 is 2.76 bits per heavy atom. The van der Waals surface area contributed by atoms with Gasteiger partial charge in [-0.05, 0) is 42.5 Å². The quantitative estimate of drug-likeness (QED) is 0.681. The van der Waals surface area contributed by atoms with Crippen molar-refractivity contribution < 1.29 is 18.7 Å². The highest BCUT2D eigenvalue weighted by Crippen LogP contribution is 2.28. The van der Waals surface area contributed by atoms with Crippen molar-refractivity contribution in [3.05, 3.63) is 53.3 Å². The van der Waals surface area contributed by atoms with Crippen LogP contribution in [0.4, 0.5) is 16.0 Å². The molecule has 2 heterocycles. The van der Waals surface area contributed by atoms with Gasteiger partial charge in [0.05, 0.1) is 18.6 Å². The molecule has 2 N–H and O–H groups in total. The Labute approximate surface area is 169 Å². The van der Waals surface area contributed by atoms with E-state index >= 15 is 0 Å². The summed E-state index contributed by atoms with van der Waals surface area (Å²) < 4.78 is 19.8. The van der Waals surface area contributed by atoms with Gasteiger partial charge in [0, 0.05) is 11.3 Å². The predicted octanol–water partition coefficient (Wildman–Crippen LogP) is 3.27. The molecule has 8 nitrogen and oxygen atoms in total. The van der Waals surface area contributed by atoms with Crippen LogP contribution in [0.3, 0.4) is 0 Å². The number of aromatic nitrogens is 3. The van der Waals surface area contributed by atoms with Gasteiger partial charge in [-0.2, -0.15) is 4.98 Å². The van der Waals surface area contributed by atoms with Crippen LogP contribution in [0, 0.1) is 5.82 Å². The van der Waals surface area contributed by atoms with Crippen molar-refractivity contribution in [1.82, 2.24) is 14.8 Å².